The van der Waals surface area contributed by atoms with Crippen LogP contribution in [0.3, 0.4) is 0 Å². The number of nitrogens with zero attached hydrogens (tertiary/aromatic N) is 1. The molecule has 0 aliphatic heterocycles. The Labute approximate surface area is 115 Å². The molecule has 0 bridgehead atoms. The van der Waals surface area contributed by atoms with Gasteiger partial charge in [-0.05, 0) is 18.6 Å². The lowest BCUT2D eigenvalue weighted by Gasteiger charge is -2.13. The standard InChI is InChI=1S/C8H13N2O7PS2/c1-7-3-2-4-9-8(7)10-5-6-18(11,19(12,13)14)20(15,16)17/h2-4H,5-6H2,1H3,(H,9,10)(H,12,13,14)(H,15,16,17). The SMILES string of the molecule is Cc1cccnc1NCCP(=O)(S(=O)(=O)O)S(=O)(=O)O. The molecule has 0 aliphatic carbocycles. The van der Waals surface area contributed by atoms with Gasteiger partial charge in [-0.2, -0.15) is 16.8 Å². The zero-order valence-corrected chi connectivity index (χ0v) is 12.8. The summed E-state index contributed by atoms with van der Waals surface area (Å²) in [5, 5.41) is 2.58. The van der Waals surface area contributed by atoms with Crippen molar-refractivity contribution in [3.05, 3.63) is 23.9 Å². The molecule has 0 saturated heterocycles. The summed E-state index contributed by atoms with van der Waals surface area (Å²) in [6, 6.07) is 3.35. The molecule has 1 aromatic heterocycles. The first-order chi connectivity index (χ1) is 8.99. The Balaban J connectivity index is 2.92. The van der Waals surface area contributed by atoms with Crippen molar-refractivity contribution in [2.75, 3.05) is 18.0 Å². The average Bonchev–Trinajstić information content (AvgIpc) is 2.28. The number of aromatic nitrogens is 1. The van der Waals surface area contributed by atoms with E-state index < -0.39 is 31.2 Å². The second-order valence-electron chi connectivity index (χ2n) is 3.83. The summed E-state index contributed by atoms with van der Waals surface area (Å²) in [4.78, 5) is 3.90. The van der Waals surface area contributed by atoms with Crippen LogP contribution in [0.25, 0.3) is 0 Å². The van der Waals surface area contributed by atoms with Gasteiger partial charge in [-0.3, -0.25) is 13.7 Å². The average molecular weight is 344 g/mol. The van der Waals surface area contributed by atoms with Gasteiger partial charge in [0.2, 0.25) is 0 Å². The molecule has 0 radical (unpaired) electrons. The van der Waals surface area contributed by atoms with Gasteiger partial charge in [0.25, 0.3) is 0 Å². The lowest BCUT2D eigenvalue weighted by Crippen LogP contribution is -2.18. The molecule has 114 valence electrons. The second kappa shape index (κ2) is 5.78. The first-order valence-corrected chi connectivity index (χ1v) is 11.2. The Bertz CT molecular complexity index is 708. The third-order valence-electron chi connectivity index (χ3n) is 2.39. The maximum atomic E-state index is 11.8. The predicted octanol–water partition coefficient (Wildman–Crippen LogP) is 0.771. The van der Waals surface area contributed by atoms with E-state index in [0.29, 0.717) is 11.4 Å². The van der Waals surface area contributed by atoms with Crippen LogP contribution >= 0.6 is 5.55 Å². The number of aryl methyl sites for hydroxylation is 1. The highest BCUT2D eigenvalue weighted by Gasteiger charge is 2.48. The van der Waals surface area contributed by atoms with Crippen molar-refractivity contribution < 1.29 is 30.5 Å². The van der Waals surface area contributed by atoms with Gasteiger partial charge in [-0.25, -0.2) is 4.98 Å². The van der Waals surface area contributed by atoms with Gasteiger partial charge in [-0.1, -0.05) is 6.07 Å². The van der Waals surface area contributed by atoms with Crippen molar-refractivity contribution in [1.29, 1.82) is 0 Å². The largest absolute Gasteiger partial charge is 0.369 e. The summed E-state index contributed by atoms with van der Waals surface area (Å²) in [5.74, 6) is 0.338. The van der Waals surface area contributed by atoms with Crippen LogP contribution in [0.15, 0.2) is 18.3 Å². The van der Waals surface area contributed by atoms with E-state index in [4.69, 9.17) is 9.11 Å². The van der Waals surface area contributed by atoms with Gasteiger partial charge < -0.3 is 5.32 Å². The van der Waals surface area contributed by atoms with Crippen molar-refractivity contribution in [1.82, 2.24) is 4.98 Å². The number of anilines is 1. The molecule has 0 aliphatic rings. The van der Waals surface area contributed by atoms with Crippen molar-refractivity contribution in [3.8, 4) is 0 Å². The fraction of sp³-hybridized carbons (Fsp3) is 0.375. The van der Waals surface area contributed by atoms with E-state index in [2.05, 4.69) is 10.3 Å². The second-order valence-corrected chi connectivity index (χ2v) is 14.3. The molecule has 9 nitrogen and oxygen atoms in total. The summed E-state index contributed by atoms with van der Waals surface area (Å²) in [6.45, 7) is 1.31. The highest BCUT2D eigenvalue weighted by Crippen LogP contribution is 2.56. The molecular weight excluding hydrogens is 331 g/mol. The smallest absolute Gasteiger partial charge is 0.358 e. The minimum absolute atomic E-state index is 0.338. The maximum Gasteiger partial charge on any atom is 0.358 e. The van der Waals surface area contributed by atoms with Crippen molar-refractivity contribution in [2.24, 2.45) is 0 Å². The number of pyridine rings is 1. The molecule has 3 N–H and O–H groups in total. The topological polar surface area (TPSA) is 151 Å². The molecule has 12 heteroatoms. The quantitative estimate of drug-likeness (QED) is 0.502. The molecule has 0 amide bonds. The molecule has 0 atom stereocenters. The van der Waals surface area contributed by atoms with Crippen LogP contribution in [0.4, 0.5) is 5.82 Å². The minimum Gasteiger partial charge on any atom is -0.369 e. The van der Waals surface area contributed by atoms with Crippen LogP contribution in [-0.4, -0.2) is 43.6 Å². The number of nitrogens with one attached hydrogen (secondary N) is 1. The van der Waals surface area contributed by atoms with E-state index >= 15 is 0 Å². The fourth-order valence-corrected chi connectivity index (χ4v) is 7.21. The zero-order valence-electron chi connectivity index (χ0n) is 10.3. The van der Waals surface area contributed by atoms with Crippen molar-refractivity contribution >= 4 is 30.8 Å². The van der Waals surface area contributed by atoms with Crippen molar-refractivity contribution in [2.45, 2.75) is 6.92 Å². The van der Waals surface area contributed by atoms with Crippen LogP contribution in [0.5, 0.6) is 0 Å². The summed E-state index contributed by atoms with van der Waals surface area (Å²) >= 11 is 0. The van der Waals surface area contributed by atoms with Crippen molar-refractivity contribution in [3.63, 3.8) is 0 Å². The van der Waals surface area contributed by atoms with Gasteiger partial charge in [0.1, 0.15) is 5.82 Å². The number of hydrogen-bond acceptors (Lipinski definition) is 7. The molecule has 0 fully saturated rings. The van der Waals surface area contributed by atoms with Gasteiger partial charge in [0, 0.05) is 12.7 Å². The maximum absolute atomic E-state index is 11.8. The highest BCUT2D eigenvalue weighted by molar-refractivity contribution is 8.82. The zero-order chi connectivity index (χ0) is 15.6. The Morgan fingerprint density at radius 2 is 1.80 bits per heavy atom. The van der Waals surface area contributed by atoms with Gasteiger partial charge in [0.15, 0.2) is 0 Å². The fourth-order valence-electron chi connectivity index (χ4n) is 1.33. The summed E-state index contributed by atoms with van der Waals surface area (Å²) in [7, 11) is -10.9. The monoisotopic (exact) mass is 344 g/mol. The van der Waals surface area contributed by atoms with Crippen LogP contribution in [0, 0.1) is 6.92 Å². The van der Waals surface area contributed by atoms with E-state index in [9.17, 15) is 21.4 Å². The lowest BCUT2D eigenvalue weighted by atomic mass is 10.3. The highest BCUT2D eigenvalue weighted by atomic mass is 33.1. The number of hydrogen-bond donors (Lipinski definition) is 3. The van der Waals surface area contributed by atoms with Crippen LogP contribution < -0.4 is 5.32 Å². The third-order valence-corrected chi connectivity index (χ3v) is 13.3. The summed E-state index contributed by atoms with van der Waals surface area (Å²) in [6.07, 6.45) is 0.460. The molecule has 0 unspecified atom stereocenters. The Hall–Kier alpha value is -1.00. The molecule has 1 heterocycles. The number of rotatable bonds is 6. The van der Waals surface area contributed by atoms with Gasteiger partial charge in [0.05, 0.1) is 6.16 Å². The molecule has 0 saturated carbocycles. The van der Waals surface area contributed by atoms with E-state index in [1.165, 1.54) is 6.20 Å². The summed E-state index contributed by atoms with van der Waals surface area (Å²) in [5.41, 5.74) is -4.58. The van der Waals surface area contributed by atoms with E-state index in [1.54, 1.807) is 19.1 Å². The molecule has 1 aromatic rings. The van der Waals surface area contributed by atoms with Gasteiger partial charge in [-0.15, -0.1) is 0 Å². The predicted molar refractivity (Wildman–Crippen MR) is 73.0 cm³/mol. The molecule has 1 rings (SSSR count). The molecule has 0 aromatic carbocycles. The first-order valence-electron chi connectivity index (χ1n) is 5.19. The lowest BCUT2D eigenvalue weighted by molar-refractivity contribution is 0.484. The molecule has 20 heavy (non-hydrogen) atoms. The molecule has 0 spiro atoms. The normalized spacial score (nSPS) is 13.2. The Morgan fingerprint density at radius 1 is 1.25 bits per heavy atom. The Kier molecular flexibility index (Phi) is 4.93. The Morgan fingerprint density at radius 3 is 2.25 bits per heavy atom. The molecular formula is C8H13N2O7PS2. The summed E-state index contributed by atoms with van der Waals surface area (Å²) < 4.78 is 73.0. The van der Waals surface area contributed by atoms with Crippen LogP contribution in [0.1, 0.15) is 5.56 Å². The van der Waals surface area contributed by atoms with Crippen LogP contribution in [0.2, 0.25) is 0 Å². The first kappa shape index (κ1) is 17.1. The van der Waals surface area contributed by atoms with Gasteiger partial charge >= 0.3 is 25.0 Å². The van der Waals surface area contributed by atoms with E-state index in [1.807, 2.05) is 0 Å². The third kappa shape index (κ3) is 3.55. The van der Waals surface area contributed by atoms with E-state index in [-0.39, 0.29) is 6.54 Å². The van der Waals surface area contributed by atoms with E-state index in [0.717, 1.165) is 0 Å². The minimum atomic E-state index is -5.43. The van der Waals surface area contributed by atoms with Crippen LogP contribution in [-0.2, 0) is 24.0 Å².